The minimum absolute atomic E-state index is 0.144. The summed E-state index contributed by atoms with van der Waals surface area (Å²) in [5, 5.41) is 3.02. The molecule has 140 valence electrons. The van der Waals surface area contributed by atoms with Crippen LogP contribution in [0.1, 0.15) is 22.3 Å². The molecule has 1 amide bonds. The fourth-order valence-electron chi connectivity index (χ4n) is 2.42. The number of ether oxygens (including phenoxy) is 1. The lowest BCUT2D eigenvalue weighted by molar-refractivity contribution is -0.117. The van der Waals surface area contributed by atoms with E-state index >= 15 is 0 Å². The van der Waals surface area contributed by atoms with Crippen LogP contribution in [0.25, 0.3) is 0 Å². The lowest BCUT2D eigenvalue weighted by Gasteiger charge is -2.32. The summed E-state index contributed by atoms with van der Waals surface area (Å²) in [5.74, 6) is -0.702. The number of esters is 1. The molecular weight excluding hydrogens is 368 g/mol. The molecule has 0 aliphatic carbocycles. The van der Waals surface area contributed by atoms with E-state index in [0.717, 1.165) is 11.3 Å². The van der Waals surface area contributed by atoms with E-state index in [1.54, 1.807) is 13.8 Å². The van der Waals surface area contributed by atoms with E-state index in [4.69, 9.17) is 4.74 Å². The van der Waals surface area contributed by atoms with Gasteiger partial charge in [0.1, 0.15) is 4.88 Å². The second-order valence-corrected chi connectivity index (χ2v) is 8.62. The van der Waals surface area contributed by atoms with E-state index in [2.05, 4.69) is 10.3 Å². The standard InChI is InChI=1S/C14H22N4O5S2/c1-4-23-13(20)12-10(2)15-14(24-12)16-11(19)9-17-5-7-18(8-6-17)25(3,21)22/h4-9H2,1-3H3,(H,15,16,19). The molecule has 2 rings (SSSR count). The number of rotatable bonds is 6. The molecule has 0 bridgehead atoms. The normalized spacial score (nSPS) is 16.6. The number of nitrogens with zero attached hydrogens (tertiary/aromatic N) is 3. The SMILES string of the molecule is CCOC(=O)c1sc(NC(=O)CN2CCN(S(C)(=O)=O)CC2)nc1C. The Bertz CT molecular complexity index is 738. The number of carbonyl (C=O) groups excluding carboxylic acids is 2. The first kappa shape index (κ1) is 19.8. The third-order valence-electron chi connectivity index (χ3n) is 3.67. The molecule has 1 N–H and O–H groups in total. The van der Waals surface area contributed by atoms with E-state index in [0.29, 0.717) is 41.9 Å². The maximum atomic E-state index is 12.1. The minimum Gasteiger partial charge on any atom is -0.462 e. The lowest BCUT2D eigenvalue weighted by Crippen LogP contribution is -2.50. The van der Waals surface area contributed by atoms with Gasteiger partial charge < -0.3 is 10.1 Å². The predicted molar refractivity (Wildman–Crippen MR) is 94.3 cm³/mol. The van der Waals surface area contributed by atoms with Crippen LogP contribution in [-0.2, 0) is 19.6 Å². The summed E-state index contributed by atoms with van der Waals surface area (Å²) >= 11 is 1.08. The maximum absolute atomic E-state index is 12.1. The molecule has 9 nitrogen and oxygen atoms in total. The van der Waals surface area contributed by atoms with Crippen molar-refractivity contribution in [1.29, 1.82) is 0 Å². The maximum Gasteiger partial charge on any atom is 0.350 e. The zero-order valence-electron chi connectivity index (χ0n) is 14.4. The number of amides is 1. The zero-order chi connectivity index (χ0) is 18.6. The van der Waals surface area contributed by atoms with Crippen LogP contribution >= 0.6 is 11.3 Å². The summed E-state index contributed by atoms with van der Waals surface area (Å²) in [5.41, 5.74) is 0.514. The quantitative estimate of drug-likeness (QED) is 0.688. The van der Waals surface area contributed by atoms with Gasteiger partial charge >= 0.3 is 5.97 Å². The van der Waals surface area contributed by atoms with Crippen molar-refractivity contribution in [3.63, 3.8) is 0 Å². The van der Waals surface area contributed by atoms with Gasteiger partial charge in [0.15, 0.2) is 5.13 Å². The van der Waals surface area contributed by atoms with Gasteiger partial charge in [-0.1, -0.05) is 11.3 Å². The molecule has 1 aliphatic heterocycles. The number of nitrogens with one attached hydrogen (secondary N) is 1. The summed E-state index contributed by atoms with van der Waals surface area (Å²) in [6.45, 7) is 5.55. The van der Waals surface area contributed by atoms with E-state index in [1.807, 2.05) is 4.90 Å². The summed E-state index contributed by atoms with van der Waals surface area (Å²) in [4.78, 5) is 30.3. The van der Waals surface area contributed by atoms with Crippen molar-refractivity contribution in [2.75, 3.05) is 50.9 Å². The van der Waals surface area contributed by atoms with Crippen molar-refractivity contribution >= 4 is 38.4 Å². The Balaban J connectivity index is 1.87. The Hall–Kier alpha value is -1.56. The molecule has 0 aromatic carbocycles. The number of anilines is 1. The van der Waals surface area contributed by atoms with Crippen molar-refractivity contribution < 1.29 is 22.7 Å². The number of carbonyl (C=O) groups is 2. The van der Waals surface area contributed by atoms with Crippen LogP contribution in [0.2, 0.25) is 0 Å². The molecule has 0 radical (unpaired) electrons. The van der Waals surface area contributed by atoms with Crippen LogP contribution in [0, 0.1) is 6.92 Å². The molecule has 1 saturated heterocycles. The van der Waals surface area contributed by atoms with E-state index < -0.39 is 16.0 Å². The van der Waals surface area contributed by atoms with Gasteiger partial charge in [-0.15, -0.1) is 0 Å². The molecule has 0 atom stereocenters. The van der Waals surface area contributed by atoms with Crippen molar-refractivity contribution in [3.8, 4) is 0 Å². The highest BCUT2D eigenvalue weighted by atomic mass is 32.2. The first-order valence-corrected chi connectivity index (χ1v) is 10.5. The van der Waals surface area contributed by atoms with Crippen molar-refractivity contribution in [3.05, 3.63) is 10.6 Å². The Morgan fingerprint density at radius 3 is 2.48 bits per heavy atom. The number of aromatic nitrogens is 1. The second kappa shape index (κ2) is 8.21. The molecule has 0 unspecified atom stereocenters. The van der Waals surface area contributed by atoms with Crippen molar-refractivity contribution in [2.24, 2.45) is 0 Å². The summed E-state index contributed by atoms with van der Waals surface area (Å²) < 4.78 is 29.3. The molecule has 1 aliphatic rings. The van der Waals surface area contributed by atoms with E-state index in [1.165, 1.54) is 10.6 Å². The molecule has 25 heavy (non-hydrogen) atoms. The number of hydrogen-bond donors (Lipinski definition) is 1. The third kappa shape index (κ3) is 5.46. The largest absolute Gasteiger partial charge is 0.462 e. The van der Waals surface area contributed by atoms with Crippen LogP contribution in [0.4, 0.5) is 5.13 Å². The van der Waals surface area contributed by atoms with E-state index in [-0.39, 0.29) is 19.1 Å². The van der Waals surface area contributed by atoms with Crippen LogP contribution < -0.4 is 5.32 Å². The van der Waals surface area contributed by atoms with Gasteiger partial charge in [0.25, 0.3) is 0 Å². The van der Waals surface area contributed by atoms with Gasteiger partial charge in [-0.2, -0.15) is 4.31 Å². The Morgan fingerprint density at radius 2 is 1.92 bits per heavy atom. The first-order chi connectivity index (χ1) is 11.7. The zero-order valence-corrected chi connectivity index (χ0v) is 16.1. The van der Waals surface area contributed by atoms with Gasteiger partial charge in [0.05, 0.1) is 25.1 Å². The van der Waals surface area contributed by atoms with Crippen LogP contribution in [0.5, 0.6) is 0 Å². The molecule has 1 aromatic rings. The van der Waals surface area contributed by atoms with Crippen molar-refractivity contribution in [1.82, 2.24) is 14.2 Å². The average Bonchev–Trinajstić information content (AvgIpc) is 2.87. The third-order valence-corrected chi connectivity index (χ3v) is 6.03. The number of piperazine rings is 1. The summed E-state index contributed by atoms with van der Waals surface area (Å²) in [7, 11) is -3.19. The fourth-order valence-corrected chi connectivity index (χ4v) is 4.12. The van der Waals surface area contributed by atoms with Gasteiger partial charge in [-0.3, -0.25) is 9.69 Å². The summed E-state index contributed by atoms with van der Waals surface area (Å²) in [6.07, 6.45) is 1.18. The topological polar surface area (TPSA) is 109 Å². The van der Waals surface area contributed by atoms with Gasteiger partial charge in [-0.25, -0.2) is 18.2 Å². The highest BCUT2D eigenvalue weighted by molar-refractivity contribution is 7.88. The van der Waals surface area contributed by atoms with E-state index in [9.17, 15) is 18.0 Å². The summed E-state index contributed by atoms with van der Waals surface area (Å²) in [6, 6.07) is 0. The first-order valence-electron chi connectivity index (χ1n) is 7.82. The lowest BCUT2D eigenvalue weighted by atomic mass is 10.3. The number of thiazole rings is 1. The van der Waals surface area contributed by atoms with Gasteiger partial charge in [0, 0.05) is 26.2 Å². The monoisotopic (exact) mass is 390 g/mol. The molecule has 0 saturated carbocycles. The minimum atomic E-state index is -3.19. The molecule has 11 heteroatoms. The number of sulfonamides is 1. The molecule has 1 aromatic heterocycles. The molecule has 2 heterocycles. The molecule has 1 fully saturated rings. The highest BCUT2D eigenvalue weighted by Crippen LogP contribution is 2.23. The van der Waals surface area contributed by atoms with Crippen molar-refractivity contribution in [2.45, 2.75) is 13.8 Å². The predicted octanol–water partition coefficient (Wildman–Crippen LogP) is 0.144. The Morgan fingerprint density at radius 1 is 1.28 bits per heavy atom. The average molecular weight is 390 g/mol. The van der Waals surface area contributed by atoms with Crippen LogP contribution in [-0.4, -0.2) is 80.1 Å². The Kier molecular flexibility index (Phi) is 6.49. The number of aryl methyl sites for hydroxylation is 1. The number of hydrogen-bond acceptors (Lipinski definition) is 8. The Labute approximate surface area is 151 Å². The van der Waals surface area contributed by atoms with Crippen LogP contribution in [0.15, 0.2) is 0 Å². The smallest absolute Gasteiger partial charge is 0.350 e. The van der Waals surface area contributed by atoms with Crippen LogP contribution in [0.3, 0.4) is 0 Å². The molecular formula is C14H22N4O5S2. The molecule has 0 spiro atoms. The fraction of sp³-hybridized carbons (Fsp3) is 0.643. The second-order valence-electron chi connectivity index (χ2n) is 5.64. The van der Waals surface area contributed by atoms with Gasteiger partial charge in [-0.05, 0) is 13.8 Å². The van der Waals surface area contributed by atoms with Gasteiger partial charge in [0.2, 0.25) is 15.9 Å². The highest BCUT2D eigenvalue weighted by Gasteiger charge is 2.25.